The maximum absolute atomic E-state index is 15.6. The SMILES string of the molecule is CC1Cc2c([nH]c3ccccc23)C(C23CC(/C=C/C(=O)O)(C2)C3)N1CC(C)(C)F.CC1Cc2c([nH]c3ccccc23)C(c2c(F)cc(/C=C/C(=O)O)cc2F)N1C12CC(C)(C1)C2.CC1Cc2c([nH]c3ccccc23)C(c2c(F)cc(/C=C/C(=O)O)cc2F)N1CC12CC(C)(C1)C2.CC1Cc2c([nH]c3ccccc23)C(c2c(F)cc(/C=C/C(=O)O)cc2F)N1CC1CC(F)(F)C1. The highest BCUT2D eigenvalue weighted by atomic mass is 19.3. The number of fused-ring (bicyclic) bond motifs is 12. The van der Waals surface area contributed by atoms with Gasteiger partial charge in [0, 0.05) is 170 Å². The zero-order valence-corrected chi connectivity index (χ0v) is 73.9. The number of alkyl halides is 3. The summed E-state index contributed by atoms with van der Waals surface area (Å²) in [4.78, 5) is 66.5. The van der Waals surface area contributed by atoms with E-state index in [4.69, 9.17) is 20.4 Å². The molecule has 16 nitrogen and oxygen atoms in total. The Morgan fingerprint density at radius 2 is 0.769 bits per heavy atom. The van der Waals surface area contributed by atoms with Gasteiger partial charge in [-0.25, -0.2) is 58.7 Å². The number of aromatic amines is 4. The maximum Gasteiger partial charge on any atom is 0.328 e. The largest absolute Gasteiger partial charge is 0.478 e. The monoisotopic (exact) mass is 1780 g/mol. The number of para-hydroxylation sites is 4. The van der Waals surface area contributed by atoms with Gasteiger partial charge < -0.3 is 40.4 Å². The van der Waals surface area contributed by atoms with Crippen LogP contribution in [0, 0.1) is 67.9 Å². The van der Waals surface area contributed by atoms with E-state index in [0.717, 1.165) is 167 Å². The average molecular weight is 1780 g/mol. The predicted molar refractivity (Wildman–Crippen MR) is 483 cm³/mol. The number of carboxylic acids is 4. The molecule has 25 heteroatoms. The highest BCUT2D eigenvalue weighted by Gasteiger charge is 2.72. The van der Waals surface area contributed by atoms with Crippen LogP contribution in [0.1, 0.15) is 229 Å². The van der Waals surface area contributed by atoms with E-state index in [1.165, 1.54) is 78.4 Å². The number of hydrogen-bond donors (Lipinski definition) is 8. The van der Waals surface area contributed by atoms with E-state index in [2.05, 4.69) is 106 Å². The molecule has 4 aliphatic heterocycles. The fourth-order valence-electron chi connectivity index (χ4n) is 26.4. The summed E-state index contributed by atoms with van der Waals surface area (Å²) in [5, 5.41) is 40.1. The smallest absolute Gasteiger partial charge is 0.328 e. The molecule has 25 rings (SSSR count). The number of hydrogen-bond acceptors (Lipinski definition) is 8. The summed E-state index contributed by atoms with van der Waals surface area (Å²) in [6, 6.07) is 37.9. The Balaban J connectivity index is 0.000000113. The highest BCUT2D eigenvalue weighted by molar-refractivity contribution is 5.90. The van der Waals surface area contributed by atoms with Crippen LogP contribution in [0.15, 0.2) is 164 Å². The minimum Gasteiger partial charge on any atom is -0.478 e. The fraction of sp³-hybridized carbons (Fsp3) is 0.410. The molecule has 7 aromatic carbocycles. The molecule has 10 aliphatic carbocycles. The van der Waals surface area contributed by atoms with E-state index in [1.54, 1.807) is 13.8 Å². The van der Waals surface area contributed by atoms with E-state index in [-0.39, 0.29) is 104 Å². The number of halogens is 9. The molecule has 8 heterocycles. The third kappa shape index (κ3) is 15.7. The van der Waals surface area contributed by atoms with Crippen LogP contribution in [0.4, 0.5) is 39.5 Å². The Hall–Kier alpha value is -11.3. The number of aliphatic carboxylic acids is 4. The lowest BCUT2D eigenvalue weighted by Gasteiger charge is -2.75. The van der Waals surface area contributed by atoms with Crippen LogP contribution < -0.4 is 0 Å². The first kappa shape index (κ1) is 88.0. The zero-order valence-electron chi connectivity index (χ0n) is 73.9. The maximum atomic E-state index is 15.6. The molecular formula is C105H107F9N8O8. The number of rotatable bonds is 19. The van der Waals surface area contributed by atoms with Gasteiger partial charge in [-0.05, 0) is 276 Å². The molecule has 14 aliphatic rings. The molecular weight excluding hydrogens is 1670 g/mol. The standard InChI is InChI=1S/C28H28F2N2O2.C27H26F2N2O2.C26H24F4N2O2.C24H29FN2O2/c1-16-9-19-18-5-3-4-6-22(18)31-25(19)26(32(16)15-28-12-27(2,13-28)14-28)24-20(29)10-17(11-21(24)30)7-8-23(33)34;1-15-9-18-17-5-3-4-6-21(17)30-24(18)25(31(15)27-12-26(2,13-27)14-27)23-19(28)10-16(11-20(23)29)7-8-22(32)33;1-14-8-18-17-4-2-3-5-21(17)31-24(18)25(32(14)13-16-11-26(29,30)12-16)23-19(27)9-15(10-20(23)28)6-7-22(33)34;1-15-10-17-16-6-4-5-7-18(16)26-20(17)21(27(15)14-22(2,3)25)24-11-23(12-24,13-24)9-8-19(28)29/h3-8,10-11,16,26,31H,9,12-15H2,1-2H3,(H,33,34);3-8,10-11,15,25,30H,9,12-14H2,1-2H3,(H,32,33);2-7,9-10,14,16,25,31H,8,11-13H2,1H3,(H,33,34);4-9,15,21,26H,10-14H2,1-3H3,(H,28,29)/b2*8-7+;7-6+;9-8+. The van der Waals surface area contributed by atoms with Gasteiger partial charge in [-0.3, -0.25) is 19.6 Å². The van der Waals surface area contributed by atoms with Crippen LogP contribution in [0.5, 0.6) is 0 Å². The van der Waals surface area contributed by atoms with Crippen molar-refractivity contribution in [2.75, 3.05) is 19.6 Å². The quantitative estimate of drug-likeness (QED) is 0.0280. The van der Waals surface area contributed by atoms with Crippen molar-refractivity contribution < 1.29 is 79.1 Å². The Morgan fingerprint density at radius 1 is 0.438 bits per heavy atom. The van der Waals surface area contributed by atoms with Gasteiger partial charge in [0.25, 0.3) is 0 Å². The molecule has 8 N–H and O–H groups in total. The van der Waals surface area contributed by atoms with Crippen LogP contribution in [0.2, 0.25) is 0 Å². The lowest BCUT2D eigenvalue weighted by molar-refractivity contribution is -0.232. The van der Waals surface area contributed by atoms with E-state index < -0.39 is 88.5 Å². The molecule has 0 radical (unpaired) electrons. The Bertz CT molecular complexity index is 6420. The molecule has 11 aromatic rings. The molecule has 678 valence electrons. The van der Waals surface area contributed by atoms with Gasteiger partial charge in [-0.1, -0.05) is 92.7 Å². The summed E-state index contributed by atoms with van der Waals surface area (Å²) in [7, 11) is 0. The van der Waals surface area contributed by atoms with Crippen LogP contribution >= 0.6 is 0 Å². The van der Waals surface area contributed by atoms with Crippen molar-refractivity contribution >= 4 is 85.7 Å². The number of carboxylic acid groups (broad SMARTS) is 4. The van der Waals surface area contributed by atoms with Gasteiger partial charge in [0.1, 0.15) is 40.6 Å². The second-order valence-corrected chi connectivity index (χ2v) is 41.4. The van der Waals surface area contributed by atoms with E-state index in [0.29, 0.717) is 36.0 Å². The lowest BCUT2D eigenvalue weighted by atomic mass is 9.32. The summed E-state index contributed by atoms with van der Waals surface area (Å²) in [6.45, 7) is 18.0. The van der Waals surface area contributed by atoms with Gasteiger partial charge >= 0.3 is 23.9 Å². The molecule has 130 heavy (non-hydrogen) atoms. The van der Waals surface area contributed by atoms with Crippen molar-refractivity contribution in [1.29, 1.82) is 0 Å². The first-order valence-corrected chi connectivity index (χ1v) is 45.2. The van der Waals surface area contributed by atoms with Crippen LogP contribution in [-0.2, 0) is 44.9 Å². The van der Waals surface area contributed by atoms with Crippen molar-refractivity contribution in [3.05, 3.63) is 277 Å². The summed E-state index contributed by atoms with van der Waals surface area (Å²) < 4.78 is 135. The van der Waals surface area contributed by atoms with Crippen LogP contribution in [-0.4, -0.2) is 145 Å². The first-order chi connectivity index (χ1) is 61.6. The number of allylic oxidation sites excluding steroid dienone is 1. The minimum absolute atomic E-state index is 0.0193. The Labute approximate surface area is 747 Å². The molecule has 0 saturated heterocycles. The van der Waals surface area contributed by atoms with Gasteiger partial charge in [-0.15, -0.1) is 0 Å². The van der Waals surface area contributed by atoms with Crippen molar-refractivity contribution in [3.63, 3.8) is 0 Å². The molecule has 8 atom stereocenters. The van der Waals surface area contributed by atoms with E-state index in [1.807, 2.05) is 78.6 Å². The van der Waals surface area contributed by atoms with Crippen molar-refractivity contribution in [2.24, 2.45) is 33.0 Å². The third-order valence-corrected chi connectivity index (χ3v) is 30.5. The van der Waals surface area contributed by atoms with Crippen molar-refractivity contribution in [2.45, 2.75) is 217 Å². The fourth-order valence-corrected chi connectivity index (χ4v) is 26.4. The molecule has 8 unspecified atom stereocenters. The van der Waals surface area contributed by atoms with Crippen molar-refractivity contribution in [1.82, 2.24) is 39.5 Å². The normalized spacial score (nSPS) is 29.3. The summed E-state index contributed by atoms with van der Waals surface area (Å²) in [5.41, 5.74) is 12.5. The Kier molecular flexibility index (Phi) is 21.7. The predicted octanol–water partition coefficient (Wildman–Crippen LogP) is 22.8. The number of nitrogens with one attached hydrogen (secondary N) is 4. The highest BCUT2D eigenvalue weighted by Crippen LogP contribution is 2.80. The number of aromatic nitrogens is 4. The summed E-state index contributed by atoms with van der Waals surface area (Å²) >= 11 is 0. The van der Waals surface area contributed by atoms with E-state index in [9.17, 15) is 32.3 Å². The summed E-state index contributed by atoms with van der Waals surface area (Å²) in [5.74, 6) is -11.6. The third-order valence-electron chi connectivity index (χ3n) is 30.5. The number of carbonyl (C=O) groups is 4. The molecule has 6 bridgehead atoms. The molecule has 0 spiro atoms. The van der Waals surface area contributed by atoms with Gasteiger partial charge in [0.05, 0.1) is 24.2 Å². The second-order valence-electron chi connectivity index (χ2n) is 41.4. The van der Waals surface area contributed by atoms with Crippen molar-refractivity contribution in [3.8, 4) is 0 Å². The zero-order chi connectivity index (χ0) is 91.8. The molecule has 0 amide bonds. The van der Waals surface area contributed by atoms with Crippen LogP contribution in [0.25, 0.3) is 61.8 Å². The van der Waals surface area contributed by atoms with Gasteiger partial charge in [-0.2, -0.15) is 0 Å². The average Bonchev–Trinajstić information content (AvgIpc) is 1.12. The number of benzene rings is 7. The lowest BCUT2D eigenvalue weighted by Crippen LogP contribution is -2.76. The van der Waals surface area contributed by atoms with Gasteiger partial charge in [0.15, 0.2) is 0 Å². The first-order valence-electron chi connectivity index (χ1n) is 45.2. The molecule has 4 aromatic heterocycles. The number of H-pyrrole nitrogens is 4. The minimum atomic E-state index is -2.68. The topological polar surface area (TPSA) is 225 Å². The van der Waals surface area contributed by atoms with Gasteiger partial charge in [0.2, 0.25) is 5.92 Å². The van der Waals surface area contributed by atoms with E-state index >= 15 is 26.3 Å². The second kappa shape index (κ2) is 32.1. The number of nitrogens with zero attached hydrogens (tertiary/aromatic N) is 4. The van der Waals surface area contributed by atoms with Crippen LogP contribution in [0.3, 0.4) is 0 Å². The summed E-state index contributed by atoms with van der Waals surface area (Å²) in [6.07, 6.45) is 21.7. The Morgan fingerprint density at radius 3 is 1.14 bits per heavy atom. The molecule has 10 saturated carbocycles. The molecule has 10 fully saturated rings.